The molecule has 0 saturated heterocycles. The Labute approximate surface area is 89.6 Å². The minimum Gasteiger partial charge on any atom is -0.466 e. The maximum atomic E-state index is 11.4. The van der Waals surface area contributed by atoms with Gasteiger partial charge in [0, 0.05) is 6.42 Å². The lowest BCUT2D eigenvalue weighted by molar-refractivity contribution is -0.151. The quantitative estimate of drug-likeness (QED) is 0.561. The molecular weight excluding hydrogens is 196 g/mol. The van der Waals surface area contributed by atoms with Crippen LogP contribution in [0.5, 0.6) is 0 Å². The molecule has 1 N–H and O–H groups in total. The topological polar surface area (TPSA) is 63.6 Å². The molecule has 1 aliphatic carbocycles. The van der Waals surface area contributed by atoms with Crippen molar-refractivity contribution in [1.29, 1.82) is 0 Å². The molecule has 0 aromatic rings. The summed E-state index contributed by atoms with van der Waals surface area (Å²) < 4.78 is 4.92. The standard InChI is InChI=1S/C11H18O4/c1-2-15-10(13)9-3-5-11(14,6-4-9)7-8-12/h8-9,14H,2-7H2,1H3. The van der Waals surface area contributed by atoms with Crippen LogP contribution in [-0.4, -0.2) is 29.6 Å². The van der Waals surface area contributed by atoms with E-state index < -0.39 is 5.60 Å². The lowest BCUT2D eigenvalue weighted by Gasteiger charge is -2.33. The number of hydrogen-bond donors (Lipinski definition) is 1. The molecule has 0 amide bonds. The van der Waals surface area contributed by atoms with Gasteiger partial charge in [-0.15, -0.1) is 0 Å². The SMILES string of the molecule is CCOC(=O)C1CCC(O)(CC=O)CC1. The zero-order chi connectivity index (χ0) is 11.3. The fourth-order valence-electron chi connectivity index (χ4n) is 2.01. The summed E-state index contributed by atoms with van der Waals surface area (Å²) in [6.07, 6.45) is 3.16. The number of carbonyl (C=O) groups excluding carboxylic acids is 2. The van der Waals surface area contributed by atoms with Gasteiger partial charge in [0.15, 0.2) is 0 Å². The van der Waals surface area contributed by atoms with Gasteiger partial charge in [-0.05, 0) is 32.6 Å². The Kier molecular flexibility index (Phi) is 4.27. The molecule has 1 fully saturated rings. The molecule has 0 heterocycles. The van der Waals surface area contributed by atoms with Gasteiger partial charge in [-0.3, -0.25) is 4.79 Å². The average Bonchev–Trinajstić information content (AvgIpc) is 2.19. The van der Waals surface area contributed by atoms with Gasteiger partial charge in [-0.2, -0.15) is 0 Å². The van der Waals surface area contributed by atoms with E-state index in [0.717, 1.165) is 6.29 Å². The third-order valence-corrected chi connectivity index (χ3v) is 3.00. The van der Waals surface area contributed by atoms with Crippen LogP contribution in [0.25, 0.3) is 0 Å². The average molecular weight is 214 g/mol. The molecule has 4 nitrogen and oxygen atoms in total. The summed E-state index contributed by atoms with van der Waals surface area (Å²) in [5, 5.41) is 9.92. The number of carbonyl (C=O) groups is 2. The summed E-state index contributed by atoms with van der Waals surface area (Å²) in [4.78, 5) is 21.7. The fraction of sp³-hybridized carbons (Fsp3) is 0.818. The first-order chi connectivity index (χ1) is 7.11. The van der Waals surface area contributed by atoms with E-state index in [1.54, 1.807) is 6.92 Å². The molecule has 15 heavy (non-hydrogen) atoms. The molecule has 1 aliphatic rings. The molecule has 4 heteroatoms. The maximum Gasteiger partial charge on any atom is 0.308 e. The highest BCUT2D eigenvalue weighted by molar-refractivity contribution is 5.72. The molecule has 0 radical (unpaired) electrons. The van der Waals surface area contributed by atoms with Crippen LogP contribution in [-0.2, 0) is 14.3 Å². The second kappa shape index (κ2) is 5.26. The van der Waals surface area contributed by atoms with Crippen molar-refractivity contribution in [2.45, 2.75) is 44.6 Å². The lowest BCUT2D eigenvalue weighted by atomic mass is 9.77. The summed E-state index contributed by atoms with van der Waals surface area (Å²) in [7, 11) is 0. The smallest absolute Gasteiger partial charge is 0.308 e. The number of esters is 1. The molecule has 1 saturated carbocycles. The Morgan fingerprint density at radius 2 is 2.13 bits per heavy atom. The van der Waals surface area contributed by atoms with E-state index >= 15 is 0 Å². The number of rotatable bonds is 4. The van der Waals surface area contributed by atoms with Crippen LogP contribution < -0.4 is 0 Å². The largest absolute Gasteiger partial charge is 0.466 e. The number of aliphatic hydroxyl groups is 1. The highest BCUT2D eigenvalue weighted by Gasteiger charge is 2.35. The molecule has 0 bridgehead atoms. The molecule has 0 aromatic heterocycles. The zero-order valence-corrected chi connectivity index (χ0v) is 9.07. The molecule has 0 unspecified atom stereocenters. The van der Waals surface area contributed by atoms with Crippen LogP contribution in [0.3, 0.4) is 0 Å². The lowest BCUT2D eigenvalue weighted by Crippen LogP contribution is -2.36. The summed E-state index contributed by atoms with van der Waals surface area (Å²) >= 11 is 0. The van der Waals surface area contributed by atoms with Crippen LogP contribution in [0.2, 0.25) is 0 Å². The first kappa shape index (κ1) is 12.2. The highest BCUT2D eigenvalue weighted by Crippen LogP contribution is 2.34. The maximum absolute atomic E-state index is 11.4. The van der Waals surface area contributed by atoms with Gasteiger partial charge >= 0.3 is 5.97 Å². The van der Waals surface area contributed by atoms with Crippen molar-refractivity contribution in [3.63, 3.8) is 0 Å². The summed E-state index contributed by atoms with van der Waals surface area (Å²) in [5.74, 6) is -0.275. The fourth-order valence-corrected chi connectivity index (χ4v) is 2.01. The van der Waals surface area contributed by atoms with Crippen LogP contribution in [0, 0.1) is 5.92 Å². The van der Waals surface area contributed by atoms with Gasteiger partial charge in [0.05, 0.1) is 18.1 Å². The third-order valence-electron chi connectivity index (χ3n) is 3.00. The molecule has 0 spiro atoms. The summed E-state index contributed by atoms with van der Waals surface area (Å²) in [5.41, 5.74) is -0.884. The monoisotopic (exact) mass is 214 g/mol. The zero-order valence-electron chi connectivity index (χ0n) is 9.07. The number of hydrogen-bond acceptors (Lipinski definition) is 4. The van der Waals surface area contributed by atoms with Crippen LogP contribution in [0.1, 0.15) is 39.0 Å². The van der Waals surface area contributed by atoms with Crippen molar-refractivity contribution in [2.24, 2.45) is 5.92 Å². The van der Waals surface area contributed by atoms with Gasteiger partial charge in [0.2, 0.25) is 0 Å². The van der Waals surface area contributed by atoms with E-state index in [2.05, 4.69) is 0 Å². The number of aldehydes is 1. The van der Waals surface area contributed by atoms with Crippen LogP contribution in [0.4, 0.5) is 0 Å². The van der Waals surface area contributed by atoms with Crippen molar-refractivity contribution >= 4 is 12.3 Å². The predicted octanol–water partition coefficient (Wildman–Crippen LogP) is 1.06. The van der Waals surface area contributed by atoms with Gasteiger partial charge < -0.3 is 14.6 Å². The minimum absolute atomic E-state index is 0.100. The van der Waals surface area contributed by atoms with Gasteiger partial charge in [-0.1, -0.05) is 0 Å². The van der Waals surface area contributed by atoms with Crippen LogP contribution in [0.15, 0.2) is 0 Å². The minimum atomic E-state index is -0.884. The summed E-state index contributed by atoms with van der Waals surface area (Å²) in [6.45, 7) is 2.18. The second-order valence-corrected chi connectivity index (χ2v) is 4.12. The summed E-state index contributed by atoms with van der Waals surface area (Å²) in [6, 6.07) is 0. The van der Waals surface area contributed by atoms with E-state index in [9.17, 15) is 14.7 Å². The molecule has 0 atom stereocenters. The Bertz CT molecular complexity index is 229. The molecular formula is C11H18O4. The van der Waals surface area contributed by atoms with Gasteiger partial charge in [0.1, 0.15) is 6.29 Å². The van der Waals surface area contributed by atoms with E-state index in [4.69, 9.17) is 4.74 Å². The normalized spacial score (nSPS) is 30.9. The Morgan fingerprint density at radius 3 is 2.60 bits per heavy atom. The van der Waals surface area contributed by atoms with Crippen molar-refractivity contribution in [3.8, 4) is 0 Å². The molecule has 0 aromatic carbocycles. The Morgan fingerprint density at radius 1 is 1.53 bits per heavy atom. The van der Waals surface area contributed by atoms with Crippen molar-refractivity contribution in [2.75, 3.05) is 6.61 Å². The highest BCUT2D eigenvalue weighted by atomic mass is 16.5. The van der Waals surface area contributed by atoms with E-state index in [1.165, 1.54) is 0 Å². The van der Waals surface area contributed by atoms with E-state index in [-0.39, 0.29) is 18.3 Å². The van der Waals surface area contributed by atoms with E-state index in [1.807, 2.05) is 0 Å². The first-order valence-corrected chi connectivity index (χ1v) is 5.44. The number of ether oxygens (including phenoxy) is 1. The Balaban J connectivity index is 2.41. The second-order valence-electron chi connectivity index (χ2n) is 4.12. The first-order valence-electron chi connectivity index (χ1n) is 5.44. The molecule has 1 rings (SSSR count). The van der Waals surface area contributed by atoms with E-state index in [0.29, 0.717) is 32.3 Å². The van der Waals surface area contributed by atoms with Gasteiger partial charge in [0.25, 0.3) is 0 Å². The van der Waals surface area contributed by atoms with Crippen molar-refractivity contribution < 1.29 is 19.4 Å². The van der Waals surface area contributed by atoms with Gasteiger partial charge in [-0.25, -0.2) is 0 Å². The molecule has 86 valence electrons. The van der Waals surface area contributed by atoms with Crippen molar-refractivity contribution in [3.05, 3.63) is 0 Å². The molecule has 0 aliphatic heterocycles. The third kappa shape index (κ3) is 3.30. The van der Waals surface area contributed by atoms with Crippen molar-refractivity contribution in [1.82, 2.24) is 0 Å². The Hall–Kier alpha value is -0.900. The predicted molar refractivity (Wildman–Crippen MR) is 54.2 cm³/mol. The van der Waals surface area contributed by atoms with Crippen LogP contribution >= 0.6 is 0 Å².